The van der Waals surface area contributed by atoms with Crippen LogP contribution in [0.25, 0.3) is 5.69 Å². The molecule has 4 nitrogen and oxygen atoms in total. The smallest absolute Gasteiger partial charge is 0.337 e. The number of hydrogen-bond donors (Lipinski definition) is 0. The van der Waals surface area contributed by atoms with Crippen LogP contribution in [0.1, 0.15) is 38.4 Å². The van der Waals surface area contributed by atoms with E-state index in [-0.39, 0.29) is 5.97 Å². The molecule has 4 heteroatoms. The van der Waals surface area contributed by atoms with Gasteiger partial charge in [0, 0.05) is 28.9 Å². The standard InChI is InChI=1S/C23H24N2O2/c1-15-7-6-8-21(11-15)25-17(3)12-20(18(25)4)14-24-22-13-19(23(26)27-5)10-9-16(22)2/h6-14H,1-5H3. The van der Waals surface area contributed by atoms with E-state index < -0.39 is 0 Å². The summed E-state index contributed by atoms with van der Waals surface area (Å²) in [5, 5.41) is 0. The predicted molar refractivity (Wildman–Crippen MR) is 110 cm³/mol. The van der Waals surface area contributed by atoms with Crippen molar-refractivity contribution in [3.8, 4) is 5.69 Å². The van der Waals surface area contributed by atoms with Crippen LogP contribution in [0.15, 0.2) is 53.5 Å². The highest BCUT2D eigenvalue weighted by Crippen LogP contribution is 2.23. The molecule has 27 heavy (non-hydrogen) atoms. The summed E-state index contributed by atoms with van der Waals surface area (Å²) in [6, 6.07) is 16.0. The Labute approximate surface area is 160 Å². The number of esters is 1. The van der Waals surface area contributed by atoms with Gasteiger partial charge in [-0.05, 0) is 69.2 Å². The Balaban J connectivity index is 1.98. The van der Waals surface area contributed by atoms with E-state index in [9.17, 15) is 4.79 Å². The first-order valence-electron chi connectivity index (χ1n) is 8.89. The highest BCUT2D eigenvalue weighted by atomic mass is 16.5. The van der Waals surface area contributed by atoms with Gasteiger partial charge in [0.2, 0.25) is 0 Å². The summed E-state index contributed by atoms with van der Waals surface area (Å²) < 4.78 is 7.02. The number of carbonyl (C=O) groups is 1. The molecule has 2 aromatic carbocycles. The molecule has 0 aliphatic carbocycles. The van der Waals surface area contributed by atoms with E-state index in [1.165, 1.54) is 12.7 Å². The number of nitrogens with zero attached hydrogens (tertiary/aromatic N) is 2. The van der Waals surface area contributed by atoms with Crippen molar-refractivity contribution in [3.05, 3.63) is 82.2 Å². The lowest BCUT2D eigenvalue weighted by molar-refractivity contribution is 0.0601. The lowest BCUT2D eigenvalue weighted by Crippen LogP contribution is -2.01. The van der Waals surface area contributed by atoms with Crippen LogP contribution < -0.4 is 0 Å². The van der Waals surface area contributed by atoms with E-state index in [0.29, 0.717) is 5.56 Å². The Kier molecular flexibility index (Phi) is 5.26. The van der Waals surface area contributed by atoms with E-state index in [4.69, 9.17) is 4.74 Å². The molecule has 0 saturated heterocycles. The van der Waals surface area contributed by atoms with Crippen LogP contribution >= 0.6 is 0 Å². The number of aliphatic imine (C=N–C) groups is 1. The molecule has 1 aromatic heterocycles. The molecule has 1 heterocycles. The molecule has 0 aliphatic heterocycles. The maximum absolute atomic E-state index is 11.8. The molecule has 0 saturated carbocycles. The molecule has 3 aromatic rings. The van der Waals surface area contributed by atoms with E-state index in [2.05, 4.69) is 60.7 Å². The van der Waals surface area contributed by atoms with Gasteiger partial charge < -0.3 is 9.30 Å². The summed E-state index contributed by atoms with van der Waals surface area (Å²) in [5.74, 6) is -0.357. The minimum atomic E-state index is -0.357. The van der Waals surface area contributed by atoms with Crippen molar-refractivity contribution in [1.82, 2.24) is 4.57 Å². The van der Waals surface area contributed by atoms with Gasteiger partial charge in [0.05, 0.1) is 18.4 Å². The third-order valence-electron chi connectivity index (χ3n) is 4.70. The van der Waals surface area contributed by atoms with Gasteiger partial charge in [0.25, 0.3) is 0 Å². The highest BCUT2D eigenvalue weighted by Gasteiger charge is 2.11. The van der Waals surface area contributed by atoms with Crippen LogP contribution in [-0.2, 0) is 4.74 Å². The van der Waals surface area contributed by atoms with Crippen molar-refractivity contribution < 1.29 is 9.53 Å². The molecule has 0 aliphatic rings. The number of aromatic nitrogens is 1. The molecule has 0 unspecified atom stereocenters. The number of carbonyl (C=O) groups excluding carboxylic acids is 1. The lowest BCUT2D eigenvalue weighted by Gasteiger charge is -2.10. The monoisotopic (exact) mass is 360 g/mol. The molecule has 0 bridgehead atoms. The molecule has 0 atom stereocenters. The van der Waals surface area contributed by atoms with Gasteiger partial charge in [-0.1, -0.05) is 18.2 Å². The number of ether oxygens (including phenoxy) is 1. The highest BCUT2D eigenvalue weighted by molar-refractivity contribution is 5.91. The van der Waals surface area contributed by atoms with Crippen molar-refractivity contribution in [2.24, 2.45) is 4.99 Å². The van der Waals surface area contributed by atoms with Crippen molar-refractivity contribution >= 4 is 17.9 Å². The third kappa shape index (κ3) is 3.85. The summed E-state index contributed by atoms with van der Waals surface area (Å²) >= 11 is 0. The SMILES string of the molecule is COC(=O)c1ccc(C)c(N=Cc2cc(C)n(-c3cccc(C)c3)c2C)c1. The molecule has 0 radical (unpaired) electrons. The fraction of sp³-hybridized carbons (Fsp3) is 0.217. The fourth-order valence-corrected chi connectivity index (χ4v) is 3.22. The van der Waals surface area contributed by atoms with Crippen molar-refractivity contribution in [2.75, 3.05) is 7.11 Å². The van der Waals surface area contributed by atoms with Gasteiger partial charge in [-0.15, -0.1) is 0 Å². The summed E-state index contributed by atoms with van der Waals surface area (Å²) in [6.07, 6.45) is 1.86. The molecular weight excluding hydrogens is 336 g/mol. The zero-order valence-electron chi connectivity index (χ0n) is 16.4. The van der Waals surface area contributed by atoms with Crippen molar-refractivity contribution in [3.63, 3.8) is 0 Å². The zero-order valence-corrected chi connectivity index (χ0v) is 16.4. The van der Waals surface area contributed by atoms with E-state index >= 15 is 0 Å². The number of methoxy groups -OCH3 is 1. The Morgan fingerprint density at radius 2 is 1.81 bits per heavy atom. The second-order valence-electron chi connectivity index (χ2n) is 6.75. The second-order valence-corrected chi connectivity index (χ2v) is 6.75. The first-order chi connectivity index (χ1) is 12.9. The number of benzene rings is 2. The topological polar surface area (TPSA) is 43.6 Å². The van der Waals surface area contributed by atoms with E-state index in [0.717, 1.165) is 33.9 Å². The number of rotatable bonds is 4. The molecule has 0 N–H and O–H groups in total. The van der Waals surface area contributed by atoms with Gasteiger partial charge in [-0.3, -0.25) is 4.99 Å². The molecule has 0 spiro atoms. The van der Waals surface area contributed by atoms with Gasteiger partial charge in [0.15, 0.2) is 0 Å². The zero-order chi connectivity index (χ0) is 19.6. The summed E-state index contributed by atoms with van der Waals surface area (Å²) in [5.41, 5.74) is 7.98. The largest absolute Gasteiger partial charge is 0.465 e. The van der Waals surface area contributed by atoms with Crippen LogP contribution in [0.2, 0.25) is 0 Å². The molecule has 0 fully saturated rings. The normalized spacial score (nSPS) is 11.1. The fourth-order valence-electron chi connectivity index (χ4n) is 3.22. The second kappa shape index (κ2) is 7.62. The van der Waals surface area contributed by atoms with Gasteiger partial charge in [0.1, 0.15) is 0 Å². The summed E-state index contributed by atoms with van der Waals surface area (Å²) in [7, 11) is 1.38. The minimum absolute atomic E-state index is 0.357. The average molecular weight is 360 g/mol. The van der Waals surface area contributed by atoms with Crippen LogP contribution in [0.5, 0.6) is 0 Å². The molecule has 3 rings (SSSR count). The van der Waals surface area contributed by atoms with Crippen molar-refractivity contribution in [2.45, 2.75) is 27.7 Å². The summed E-state index contributed by atoms with van der Waals surface area (Å²) in [4.78, 5) is 16.4. The predicted octanol–water partition coefficient (Wildman–Crippen LogP) is 5.25. The Hall–Kier alpha value is -3.14. The van der Waals surface area contributed by atoms with Crippen LogP contribution in [-0.4, -0.2) is 23.9 Å². The number of aryl methyl sites for hydroxylation is 3. The van der Waals surface area contributed by atoms with Crippen LogP contribution in [0.3, 0.4) is 0 Å². The Morgan fingerprint density at radius 1 is 1.04 bits per heavy atom. The Morgan fingerprint density at radius 3 is 2.52 bits per heavy atom. The minimum Gasteiger partial charge on any atom is -0.465 e. The quantitative estimate of drug-likeness (QED) is 0.471. The van der Waals surface area contributed by atoms with Gasteiger partial charge >= 0.3 is 5.97 Å². The first kappa shape index (κ1) is 18.6. The molecule has 0 amide bonds. The summed E-state index contributed by atoms with van der Waals surface area (Å²) in [6.45, 7) is 8.26. The third-order valence-corrected chi connectivity index (χ3v) is 4.70. The first-order valence-corrected chi connectivity index (χ1v) is 8.89. The van der Waals surface area contributed by atoms with Gasteiger partial charge in [-0.2, -0.15) is 0 Å². The van der Waals surface area contributed by atoms with Crippen molar-refractivity contribution in [1.29, 1.82) is 0 Å². The van der Waals surface area contributed by atoms with Gasteiger partial charge in [-0.25, -0.2) is 4.79 Å². The lowest BCUT2D eigenvalue weighted by atomic mass is 10.1. The van der Waals surface area contributed by atoms with E-state index in [1.54, 1.807) is 12.1 Å². The maximum Gasteiger partial charge on any atom is 0.337 e. The van der Waals surface area contributed by atoms with E-state index in [1.807, 2.05) is 19.2 Å². The molecule has 138 valence electrons. The Bertz CT molecular complexity index is 1030. The van der Waals surface area contributed by atoms with Crippen LogP contribution in [0.4, 0.5) is 5.69 Å². The number of hydrogen-bond acceptors (Lipinski definition) is 3. The average Bonchev–Trinajstić information content (AvgIpc) is 2.93. The van der Waals surface area contributed by atoms with Crippen LogP contribution in [0, 0.1) is 27.7 Å². The maximum atomic E-state index is 11.8. The molecular formula is C23H24N2O2.